The lowest BCUT2D eigenvalue weighted by molar-refractivity contribution is -0.512. The Bertz CT molecular complexity index is 768. The monoisotopic (exact) mass is 320 g/mol. The molecule has 24 heavy (non-hydrogen) atoms. The number of aryl methyl sites for hydroxylation is 1. The Labute approximate surface area is 147 Å². The van der Waals surface area contributed by atoms with Crippen molar-refractivity contribution in [3.05, 3.63) is 65.2 Å². The van der Waals surface area contributed by atoms with E-state index in [0.29, 0.717) is 5.92 Å². The van der Waals surface area contributed by atoms with Gasteiger partial charge >= 0.3 is 0 Å². The zero-order chi connectivity index (χ0) is 17.5. The summed E-state index contributed by atoms with van der Waals surface area (Å²) in [5.41, 5.74) is 5.78. The fraction of sp³-hybridized carbons (Fsp3) is 0.435. The Balaban J connectivity index is 2.19. The topological polar surface area (TPSA) is 3.01 Å². The van der Waals surface area contributed by atoms with Gasteiger partial charge in [0.1, 0.15) is 0 Å². The van der Waals surface area contributed by atoms with Crippen molar-refractivity contribution in [1.82, 2.24) is 0 Å². The molecule has 0 amide bonds. The minimum absolute atomic E-state index is 0.0707. The molecule has 0 spiro atoms. The Hall–Kier alpha value is -1.89. The van der Waals surface area contributed by atoms with Gasteiger partial charge in [0, 0.05) is 31.4 Å². The first-order valence-corrected chi connectivity index (χ1v) is 9.05. The van der Waals surface area contributed by atoms with E-state index in [0.717, 1.165) is 6.42 Å². The first-order valence-electron chi connectivity index (χ1n) is 9.05. The third-order valence-corrected chi connectivity index (χ3v) is 5.43. The molecule has 3 rings (SSSR count). The molecule has 0 radical (unpaired) electrons. The number of para-hydroxylation sites is 1. The van der Waals surface area contributed by atoms with Crippen molar-refractivity contribution >= 4 is 11.9 Å². The summed E-state index contributed by atoms with van der Waals surface area (Å²) in [5.74, 6) is 0.521. The van der Waals surface area contributed by atoms with Crippen LogP contribution in [0.4, 0.5) is 5.69 Å². The molecule has 2 aromatic carbocycles. The van der Waals surface area contributed by atoms with Crippen molar-refractivity contribution in [2.45, 2.75) is 64.8 Å². The fourth-order valence-corrected chi connectivity index (χ4v) is 4.33. The van der Waals surface area contributed by atoms with Gasteiger partial charge < -0.3 is 0 Å². The van der Waals surface area contributed by atoms with Crippen LogP contribution in [0, 0.1) is 6.92 Å². The van der Waals surface area contributed by atoms with E-state index in [4.69, 9.17) is 0 Å². The molecule has 0 aliphatic carbocycles. The second-order valence-electron chi connectivity index (χ2n) is 8.44. The highest BCUT2D eigenvalue weighted by Gasteiger charge is 2.50. The van der Waals surface area contributed by atoms with Crippen molar-refractivity contribution < 1.29 is 4.58 Å². The van der Waals surface area contributed by atoms with Crippen LogP contribution in [0.25, 0.3) is 0 Å². The van der Waals surface area contributed by atoms with Crippen LogP contribution < -0.4 is 0 Å². The van der Waals surface area contributed by atoms with Gasteiger partial charge in [0.15, 0.2) is 11.8 Å². The summed E-state index contributed by atoms with van der Waals surface area (Å²) in [6, 6.07) is 17.6. The van der Waals surface area contributed by atoms with Crippen LogP contribution in [0.15, 0.2) is 48.5 Å². The molecular formula is C23H30N+. The molecule has 0 fully saturated rings. The maximum absolute atomic E-state index is 2.55. The molecule has 1 heteroatoms. The first kappa shape index (κ1) is 17.0. The van der Waals surface area contributed by atoms with Crippen LogP contribution in [-0.2, 0) is 5.41 Å². The van der Waals surface area contributed by atoms with Crippen LogP contribution in [0.3, 0.4) is 0 Å². The predicted octanol–water partition coefficient (Wildman–Crippen LogP) is 5.97. The van der Waals surface area contributed by atoms with E-state index in [2.05, 4.69) is 101 Å². The largest absolute Gasteiger partial charge is 0.211 e. The molecule has 1 nitrogen and oxygen atoms in total. The van der Waals surface area contributed by atoms with Crippen molar-refractivity contribution in [2.24, 2.45) is 0 Å². The van der Waals surface area contributed by atoms with Gasteiger partial charge in [-0.25, -0.2) is 0 Å². The molecule has 2 aromatic rings. The lowest BCUT2D eigenvalue weighted by Crippen LogP contribution is -2.31. The van der Waals surface area contributed by atoms with Gasteiger partial charge in [-0.3, -0.25) is 0 Å². The van der Waals surface area contributed by atoms with Gasteiger partial charge in [-0.2, -0.15) is 4.58 Å². The summed E-state index contributed by atoms with van der Waals surface area (Å²) in [5, 5.41) is 0. The van der Waals surface area contributed by atoms with E-state index in [-0.39, 0.29) is 11.0 Å². The molecule has 1 aliphatic rings. The third-order valence-electron chi connectivity index (χ3n) is 5.43. The maximum Gasteiger partial charge on any atom is 0.211 e. The second-order valence-corrected chi connectivity index (χ2v) is 8.44. The van der Waals surface area contributed by atoms with E-state index in [1.807, 2.05) is 0 Å². The standard InChI is InChI=1S/C23H30N/c1-17(2)20-14-10-11-18(3)21(20)24-16-23(6,15-22(24,4)5)19-12-8-7-9-13-19/h7-14,16-17H,15H2,1-6H3/q+1. The smallest absolute Gasteiger partial charge is 0.197 e. The van der Waals surface area contributed by atoms with Crippen molar-refractivity contribution in [1.29, 1.82) is 0 Å². The molecule has 0 saturated carbocycles. The number of hydrogen-bond acceptors (Lipinski definition) is 0. The molecule has 126 valence electrons. The SMILES string of the molecule is Cc1cccc(C(C)C)c1[N+]1=CC(C)(c2ccccc2)CC1(C)C. The summed E-state index contributed by atoms with van der Waals surface area (Å²) in [4.78, 5) is 0. The first-order chi connectivity index (χ1) is 11.2. The fourth-order valence-electron chi connectivity index (χ4n) is 4.33. The average Bonchev–Trinajstić information content (AvgIpc) is 2.78. The van der Waals surface area contributed by atoms with Crippen molar-refractivity contribution in [3.63, 3.8) is 0 Å². The molecule has 0 bridgehead atoms. The summed E-state index contributed by atoms with van der Waals surface area (Å²) in [6.45, 7) is 13.9. The Morgan fingerprint density at radius 1 is 0.917 bits per heavy atom. The molecule has 1 unspecified atom stereocenters. The Kier molecular flexibility index (Phi) is 4.15. The van der Waals surface area contributed by atoms with Crippen LogP contribution in [0.5, 0.6) is 0 Å². The molecule has 1 aliphatic heterocycles. The van der Waals surface area contributed by atoms with E-state index < -0.39 is 0 Å². The van der Waals surface area contributed by atoms with Crippen LogP contribution in [0.2, 0.25) is 0 Å². The summed E-state index contributed by atoms with van der Waals surface area (Å²) >= 11 is 0. The van der Waals surface area contributed by atoms with E-state index in [9.17, 15) is 0 Å². The van der Waals surface area contributed by atoms with Gasteiger partial charge in [0.05, 0.1) is 5.41 Å². The molecular weight excluding hydrogens is 290 g/mol. The normalized spacial score (nSPS) is 22.7. The summed E-state index contributed by atoms with van der Waals surface area (Å²) < 4.78 is 2.55. The molecule has 0 N–H and O–H groups in total. The maximum atomic E-state index is 2.55. The highest BCUT2D eigenvalue weighted by molar-refractivity contribution is 5.73. The zero-order valence-electron chi connectivity index (χ0n) is 15.9. The number of rotatable bonds is 3. The van der Waals surface area contributed by atoms with Gasteiger partial charge in [-0.05, 0) is 25.3 Å². The van der Waals surface area contributed by atoms with Crippen LogP contribution in [-0.4, -0.2) is 16.3 Å². The molecule has 0 saturated heterocycles. The Morgan fingerprint density at radius 3 is 2.21 bits per heavy atom. The van der Waals surface area contributed by atoms with Crippen LogP contribution in [0.1, 0.15) is 63.6 Å². The number of nitrogens with zero attached hydrogens (tertiary/aromatic N) is 1. The van der Waals surface area contributed by atoms with Gasteiger partial charge in [-0.15, -0.1) is 0 Å². The average molecular weight is 321 g/mol. The highest BCUT2D eigenvalue weighted by atomic mass is 15.1. The van der Waals surface area contributed by atoms with Crippen molar-refractivity contribution in [3.8, 4) is 0 Å². The summed E-state index contributed by atoms with van der Waals surface area (Å²) in [7, 11) is 0. The predicted molar refractivity (Wildman–Crippen MR) is 104 cm³/mol. The lowest BCUT2D eigenvalue weighted by Gasteiger charge is -2.23. The second kappa shape index (κ2) is 5.88. The van der Waals surface area contributed by atoms with Gasteiger partial charge in [0.2, 0.25) is 5.69 Å². The van der Waals surface area contributed by atoms with Crippen molar-refractivity contribution in [2.75, 3.05) is 0 Å². The van der Waals surface area contributed by atoms with E-state index in [1.165, 1.54) is 22.4 Å². The number of benzene rings is 2. The minimum Gasteiger partial charge on any atom is -0.197 e. The molecule has 1 atom stereocenters. The van der Waals surface area contributed by atoms with Gasteiger partial charge in [-0.1, -0.05) is 62.4 Å². The quantitative estimate of drug-likeness (QED) is 0.613. The van der Waals surface area contributed by atoms with Crippen LogP contribution >= 0.6 is 0 Å². The zero-order valence-corrected chi connectivity index (χ0v) is 15.9. The molecule has 1 heterocycles. The Morgan fingerprint density at radius 2 is 1.58 bits per heavy atom. The van der Waals surface area contributed by atoms with E-state index >= 15 is 0 Å². The number of hydrogen-bond donors (Lipinski definition) is 0. The van der Waals surface area contributed by atoms with Gasteiger partial charge in [0.25, 0.3) is 0 Å². The highest BCUT2D eigenvalue weighted by Crippen LogP contribution is 2.43. The lowest BCUT2D eigenvalue weighted by atomic mass is 9.77. The van der Waals surface area contributed by atoms with E-state index in [1.54, 1.807) is 0 Å². The molecule has 0 aromatic heterocycles. The minimum atomic E-state index is 0.0707. The summed E-state index contributed by atoms with van der Waals surface area (Å²) in [6.07, 6.45) is 3.59. The third kappa shape index (κ3) is 2.81.